The van der Waals surface area contributed by atoms with E-state index in [0.29, 0.717) is 5.92 Å². The van der Waals surface area contributed by atoms with E-state index in [4.69, 9.17) is 0 Å². The van der Waals surface area contributed by atoms with Crippen molar-refractivity contribution in [3.63, 3.8) is 0 Å². The van der Waals surface area contributed by atoms with E-state index in [1.165, 1.54) is 74.1 Å². The second-order valence-corrected chi connectivity index (χ2v) is 9.12. The van der Waals surface area contributed by atoms with Crippen LogP contribution < -0.4 is 0 Å². The molecular formula is C25H23NS. The number of rotatable bonds is 1. The van der Waals surface area contributed by atoms with Gasteiger partial charge < -0.3 is 4.57 Å². The molecule has 27 heavy (non-hydrogen) atoms. The zero-order valence-electron chi connectivity index (χ0n) is 15.7. The van der Waals surface area contributed by atoms with Crippen molar-refractivity contribution < 1.29 is 0 Å². The minimum atomic E-state index is 0.695. The van der Waals surface area contributed by atoms with Crippen LogP contribution in [-0.2, 0) is 7.05 Å². The molecule has 1 fully saturated rings. The number of thiophene rings is 1. The first-order chi connectivity index (χ1) is 13.3. The van der Waals surface area contributed by atoms with Crippen LogP contribution in [0.4, 0.5) is 0 Å². The highest BCUT2D eigenvalue weighted by atomic mass is 32.1. The van der Waals surface area contributed by atoms with Crippen molar-refractivity contribution in [2.75, 3.05) is 0 Å². The molecule has 0 bridgehead atoms. The zero-order valence-corrected chi connectivity index (χ0v) is 16.5. The topological polar surface area (TPSA) is 4.93 Å². The summed E-state index contributed by atoms with van der Waals surface area (Å²) in [6.07, 6.45) is 6.82. The van der Waals surface area contributed by atoms with Crippen LogP contribution in [0.3, 0.4) is 0 Å². The Bertz CT molecular complexity index is 1310. The maximum absolute atomic E-state index is 2.47. The van der Waals surface area contributed by atoms with E-state index in [-0.39, 0.29) is 0 Å². The lowest BCUT2D eigenvalue weighted by molar-refractivity contribution is 0.447. The highest BCUT2D eigenvalue weighted by Gasteiger charge is 2.25. The second-order valence-electron chi connectivity index (χ2n) is 8.07. The summed E-state index contributed by atoms with van der Waals surface area (Å²) >= 11 is 2.00. The lowest BCUT2D eigenvalue weighted by Gasteiger charge is -2.24. The van der Waals surface area contributed by atoms with Gasteiger partial charge in [-0.25, -0.2) is 0 Å². The normalized spacial score (nSPS) is 16.2. The van der Waals surface area contributed by atoms with E-state index in [1.54, 1.807) is 5.56 Å². The predicted molar refractivity (Wildman–Crippen MR) is 119 cm³/mol. The number of benzene rings is 3. The molecule has 3 aromatic carbocycles. The van der Waals surface area contributed by atoms with Gasteiger partial charge in [0.25, 0.3) is 0 Å². The molecule has 1 aliphatic carbocycles. The van der Waals surface area contributed by atoms with Gasteiger partial charge in [-0.2, -0.15) is 0 Å². The molecule has 2 heterocycles. The molecule has 134 valence electrons. The Labute approximate surface area is 163 Å². The summed E-state index contributed by atoms with van der Waals surface area (Å²) in [6, 6.07) is 20.3. The molecule has 0 atom stereocenters. The molecule has 0 N–H and O–H groups in total. The first-order valence-corrected chi connectivity index (χ1v) is 11.0. The molecule has 0 spiro atoms. The smallest absolute Gasteiger partial charge is 0.0538 e. The van der Waals surface area contributed by atoms with Gasteiger partial charge in [0.15, 0.2) is 0 Å². The number of para-hydroxylation sites is 1. The number of nitrogens with zero attached hydrogens (tertiary/aromatic N) is 1. The van der Waals surface area contributed by atoms with Gasteiger partial charge in [-0.05, 0) is 42.5 Å². The third kappa shape index (κ3) is 2.17. The van der Waals surface area contributed by atoms with Gasteiger partial charge in [-0.15, -0.1) is 11.3 Å². The fourth-order valence-corrected chi connectivity index (χ4v) is 6.63. The first-order valence-electron chi connectivity index (χ1n) is 10.1. The fourth-order valence-electron chi connectivity index (χ4n) is 5.33. The van der Waals surface area contributed by atoms with Crippen LogP contribution in [0.15, 0.2) is 54.6 Å². The van der Waals surface area contributed by atoms with Crippen LogP contribution in [0.5, 0.6) is 0 Å². The monoisotopic (exact) mass is 369 g/mol. The van der Waals surface area contributed by atoms with Crippen molar-refractivity contribution in [1.82, 2.24) is 4.57 Å². The maximum atomic E-state index is 2.47. The molecule has 5 aromatic rings. The molecule has 6 rings (SSSR count). The lowest BCUT2D eigenvalue weighted by atomic mass is 9.82. The van der Waals surface area contributed by atoms with Gasteiger partial charge in [-0.1, -0.05) is 55.7 Å². The average molecular weight is 370 g/mol. The standard InChI is InChI=1S/C25H23NS/c1-26-21-13-7-5-11-17(21)19-15-20-18-12-6-8-14-22(18)27-25(20)23(24(19)26)16-9-3-2-4-10-16/h5-8,11-16H,2-4,9-10H2,1H3. The van der Waals surface area contributed by atoms with E-state index < -0.39 is 0 Å². The molecule has 1 saturated carbocycles. The summed E-state index contributed by atoms with van der Waals surface area (Å²) in [4.78, 5) is 0. The molecule has 0 aliphatic heterocycles. The number of aromatic nitrogens is 1. The van der Waals surface area contributed by atoms with E-state index in [2.05, 4.69) is 66.2 Å². The SMILES string of the molecule is Cn1c2ccccc2c2cc3c(sc4ccccc43)c(C3CCCCC3)c21. The van der Waals surface area contributed by atoms with Crippen molar-refractivity contribution in [3.05, 3.63) is 60.2 Å². The Morgan fingerprint density at radius 3 is 2.41 bits per heavy atom. The van der Waals surface area contributed by atoms with E-state index >= 15 is 0 Å². The summed E-state index contributed by atoms with van der Waals surface area (Å²) in [5, 5.41) is 5.71. The van der Waals surface area contributed by atoms with Crippen molar-refractivity contribution in [2.24, 2.45) is 7.05 Å². The predicted octanol–water partition coefficient (Wildman–Crippen LogP) is 7.75. The van der Waals surface area contributed by atoms with Gasteiger partial charge >= 0.3 is 0 Å². The minimum absolute atomic E-state index is 0.695. The summed E-state index contributed by atoms with van der Waals surface area (Å²) in [5.41, 5.74) is 4.45. The van der Waals surface area contributed by atoms with Crippen LogP contribution in [0.25, 0.3) is 42.0 Å². The van der Waals surface area contributed by atoms with Crippen LogP contribution in [0.1, 0.15) is 43.6 Å². The molecule has 2 heteroatoms. The maximum Gasteiger partial charge on any atom is 0.0538 e. The fraction of sp³-hybridized carbons (Fsp3) is 0.280. The van der Waals surface area contributed by atoms with Crippen LogP contribution >= 0.6 is 11.3 Å². The van der Waals surface area contributed by atoms with Gasteiger partial charge in [0, 0.05) is 43.5 Å². The molecule has 0 radical (unpaired) electrons. The van der Waals surface area contributed by atoms with Crippen molar-refractivity contribution in [1.29, 1.82) is 0 Å². The number of aryl methyl sites for hydroxylation is 1. The summed E-state index contributed by atoms with van der Waals surface area (Å²) in [5.74, 6) is 0.695. The number of fused-ring (bicyclic) bond motifs is 6. The summed E-state index contributed by atoms with van der Waals surface area (Å²) < 4.78 is 5.41. The largest absolute Gasteiger partial charge is 0.343 e. The summed E-state index contributed by atoms with van der Waals surface area (Å²) in [6.45, 7) is 0. The highest BCUT2D eigenvalue weighted by molar-refractivity contribution is 7.26. The van der Waals surface area contributed by atoms with Crippen molar-refractivity contribution >= 4 is 53.3 Å². The molecule has 2 aromatic heterocycles. The molecule has 0 saturated heterocycles. The van der Waals surface area contributed by atoms with E-state index in [0.717, 1.165) is 0 Å². The molecular weight excluding hydrogens is 346 g/mol. The Kier molecular flexibility index (Phi) is 3.40. The van der Waals surface area contributed by atoms with Crippen LogP contribution in [-0.4, -0.2) is 4.57 Å². The molecule has 0 amide bonds. The third-order valence-electron chi connectivity index (χ3n) is 6.58. The average Bonchev–Trinajstić information content (AvgIpc) is 3.23. The van der Waals surface area contributed by atoms with Gasteiger partial charge in [0.2, 0.25) is 0 Å². The first kappa shape index (κ1) is 15.7. The van der Waals surface area contributed by atoms with Gasteiger partial charge in [0.05, 0.1) is 5.52 Å². The Hall–Kier alpha value is -2.32. The summed E-state index contributed by atoms with van der Waals surface area (Å²) in [7, 11) is 2.26. The quantitative estimate of drug-likeness (QED) is 0.285. The van der Waals surface area contributed by atoms with Crippen molar-refractivity contribution in [3.8, 4) is 0 Å². The number of hydrogen-bond donors (Lipinski definition) is 0. The molecule has 1 nitrogen and oxygen atoms in total. The van der Waals surface area contributed by atoms with E-state index in [9.17, 15) is 0 Å². The van der Waals surface area contributed by atoms with Crippen molar-refractivity contribution in [2.45, 2.75) is 38.0 Å². The Balaban J connectivity index is 1.85. The highest BCUT2D eigenvalue weighted by Crippen LogP contribution is 2.47. The second kappa shape index (κ2) is 5.84. The Morgan fingerprint density at radius 1 is 0.815 bits per heavy atom. The van der Waals surface area contributed by atoms with Gasteiger partial charge in [-0.3, -0.25) is 0 Å². The lowest BCUT2D eigenvalue weighted by Crippen LogP contribution is -2.06. The molecule has 1 aliphatic rings. The Morgan fingerprint density at radius 2 is 1.56 bits per heavy atom. The van der Waals surface area contributed by atoms with E-state index in [1.807, 2.05) is 11.3 Å². The van der Waals surface area contributed by atoms with Gasteiger partial charge in [0.1, 0.15) is 0 Å². The third-order valence-corrected chi connectivity index (χ3v) is 7.80. The van der Waals surface area contributed by atoms with Crippen LogP contribution in [0.2, 0.25) is 0 Å². The minimum Gasteiger partial charge on any atom is -0.343 e. The molecule has 0 unspecified atom stereocenters. The number of hydrogen-bond acceptors (Lipinski definition) is 1. The zero-order chi connectivity index (χ0) is 18.0. The van der Waals surface area contributed by atoms with Crippen LogP contribution in [0, 0.1) is 0 Å².